The van der Waals surface area contributed by atoms with Crippen LogP contribution in [0.2, 0.25) is 0 Å². The van der Waals surface area contributed by atoms with Crippen LogP contribution in [0.15, 0.2) is 47.1 Å². The van der Waals surface area contributed by atoms with E-state index in [1.165, 1.54) is 5.56 Å². The third-order valence-electron chi connectivity index (χ3n) is 4.50. The van der Waals surface area contributed by atoms with Crippen molar-refractivity contribution in [1.82, 2.24) is 15.1 Å². The van der Waals surface area contributed by atoms with Crippen LogP contribution in [-0.4, -0.2) is 15.7 Å². The minimum Gasteiger partial charge on any atom is -0.467 e. The highest BCUT2D eigenvalue weighted by molar-refractivity contribution is 5.96. The molecule has 1 aromatic carbocycles. The topological polar surface area (TPSA) is 60.1 Å². The number of benzene rings is 1. The second-order valence-corrected chi connectivity index (χ2v) is 6.78. The molecule has 0 aliphatic heterocycles. The van der Waals surface area contributed by atoms with Crippen molar-refractivity contribution in [1.29, 1.82) is 0 Å². The lowest BCUT2D eigenvalue weighted by molar-refractivity contribution is 0.0946. The molecular formula is C22H27N3O2. The zero-order chi connectivity index (χ0) is 19.2. The minimum absolute atomic E-state index is 0.0859. The molecule has 0 unspecified atom stereocenters. The van der Waals surface area contributed by atoms with Gasteiger partial charge in [-0.15, -0.1) is 0 Å². The van der Waals surface area contributed by atoms with Crippen LogP contribution >= 0.6 is 0 Å². The highest BCUT2D eigenvalue weighted by Gasteiger charge is 2.23. The van der Waals surface area contributed by atoms with Crippen LogP contribution in [0.3, 0.4) is 0 Å². The molecule has 5 nitrogen and oxygen atoms in total. The molecule has 27 heavy (non-hydrogen) atoms. The predicted molar refractivity (Wildman–Crippen MR) is 106 cm³/mol. The van der Waals surface area contributed by atoms with Gasteiger partial charge in [-0.2, -0.15) is 5.10 Å². The maximum atomic E-state index is 13.0. The van der Waals surface area contributed by atoms with Crippen LogP contribution in [0.5, 0.6) is 0 Å². The standard InChI is InChI=1S/C22H27N3O2/c1-4-8-19-21(22(26)23-15-18-12-7-13-27-18)20(9-5-2)25(24-19)17-11-6-10-16(3)14-17/h6-7,10-14H,4-5,8-9,15H2,1-3H3,(H,23,26). The van der Waals surface area contributed by atoms with E-state index in [0.29, 0.717) is 12.1 Å². The summed E-state index contributed by atoms with van der Waals surface area (Å²) in [5, 5.41) is 7.82. The quantitative estimate of drug-likeness (QED) is 0.634. The Morgan fingerprint density at radius 3 is 2.63 bits per heavy atom. The van der Waals surface area contributed by atoms with Crippen LogP contribution in [0.25, 0.3) is 5.69 Å². The fourth-order valence-electron chi connectivity index (χ4n) is 3.29. The SMILES string of the molecule is CCCc1nn(-c2cccc(C)c2)c(CCC)c1C(=O)NCc1ccco1. The highest BCUT2D eigenvalue weighted by atomic mass is 16.3. The molecule has 3 aromatic rings. The summed E-state index contributed by atoms with van der Waals surface area (Å²) in [7, 11) is 0. The number of hydrogen-bond donors (Lipinski definition) is 1. The van der Waals surface area contributed by atoms with Crippen LogP contribution < -0.4 is 5.32 Å². The van der Waals surface area contributed by atoms with Crippen LogP contribution in [0, 0.1) is 6.92 Å². The number of amides is 1. The molecule has 142 valence electrons. The lowest BCUT2D eigenvalue weighted by Gasteiger charge is -2.10. The van der Waals surface area contributed by atoms with Crippen molar-refractivity contribution >= 4 is 5.91 Å². The number of carbonyl (C=O) groups excluding carboxylic acids is 1. The zero-order valence-electron chi connectivity index (χ0n) is 16.3. The summed E-state index contributed by atoms with van der Waals surface area (Å²) in [6, 6.07) is 11.9. The Kier molecular flexibility index (Phi) is 6.12. The second kappa shape index (κ2) is 8.71. The van der Waals surface area contributed by atoms with E-state index in [-0.39, 0.29) is 5.91 Å². The van der Waals surface area contributed by atoms with E-state index in [9.17, 15) is 4.79 Å². The molecule has 0 bridgehead atoms. The van der Waals surface area contributed by atoms with E-state index in [1.54, 1.807) is 6.26 Å². The van der Waals surface area contributed by atoms with Gasteiger partial charge in [-0.1, -0.05) is 38.8 Å². The van der Waals surface area contributed by atoms with Crippen LogP contribution in [-0.2, 0) is 19.4 Å². The smallest absolute Gasteiger partial charge is 0.255 e. The summed E-state index contributed by atoms with van der Waals surface area (Å²) in [5.74, 6) is 0.653. The first-order chi connectivity index (χ1) is 13.1. The maximum Gasteiger partial charge on any atom is 0.255 e. The summed E-state index contributed by atoms with van der Waals surface area (Å²) >= 11 is 0. The first kappa shape index (κ1) is 19.0. The molecule has 0 aliphatic rings. The van der Waals surface area contributed by atoms with Gasteiger partial charge in [0.25, 0.3) is 5.91 Å². The van der Waals surface area contributed by atoms with Crippen LogP contribution in [0.1, 0.15) is 59.8 Å². The van der Waals surface area contributed by atoms with E-state index in [1.807, 2.05) is 28.9 Å². The second-order valence-electron chi connectivity index (χ2n) is 6.78. The maximum absolute atomic E-state index is 13.0. The van der Waals surface area contributed by atoms with Crippen molar-refractivity contribution < 1.29 is 9.21 Å². The van der Waals surface area contributed by atoms with Crippen molar-refractivity contribution in [3.63, 3.8) is 0 Å². The first-order valence-corrected chi connectivity index (χ1v) is 9.62. The fraction of sp³-hybridized carbons (Fsp3) is 0.364. The van der Waals surface area contributed by atoms with Gasteiger partial charge in [0, 0.05) is 0 Å². The minimum atomic E-state index is -0.0859. The molecule has 1 N–H and O–H groups in total. The molecule has 0 spiro atoms. The van der Waals surface area contributed by atoms with Crippen molar-refractivity contribution in [2.45, 2.75) is 53.0 Å². The van der Waals surface area contributed by atoms with Gasteiger partial charge in [0.15, 0.2) is 0 Å². The molecule has 0 radical (unpaired) electrons. The Hall–Kier alpha value is -2.82. The monoisotopic (exact) mass is 365 g/mol. The molecular weight excluding hydrogens is 338 g/mol. The van der Waals surface area contributed by atoms with Gasteiger partial charge in [-0.25, -0.2) is 4.68 Å². The molecule has 5 heteroatoms. The predicted octanol–water partition coefficient (Wildman–Crippen LogP) is 4.61. The Morgan fingerprint density at radius 2 is 1.96 bits per heavy atom. The summed E-state index contributed by atoms with van der Waals surface area (Å²) < 4.78 is 7.28. The molecule has 3 rings (SSSR count). The number of hydrogen-bond acceptors (Lipinski definition) is 3. The van der Waals surface area contributed by atoms with Gasteiger partial charge < -0.3 is 9.73 Å². The van der Waals surface area contributed by atoms with Gasteiger partial charge in [-0.3, -0.25) is 4.79 Å². The van der Waals surface area contributed by atoms with E-state index in [0.717, 1.165) is 48.5 Å². The van der Waals surface area contributed by atoms with E-state index < -0.39 is 0 Å². The Morgan fingerprint density at radius 1 is 1.15 bits per heavy atom. The number of aryl methyl sites for hydroxylation is 2. The van der Waals surface area contributed by atoms with Crippen molar-refractivity contribution in [3.05, 3.63) is 70.9 Å². The third-order valence-corrected chi connectivity index (χ3v) is 4.50. The van der Waals surface area contributed by atoms with Crippen molar-refractivity contribution in [2.75, 3.05) is 0 Å². The molecule has 0 saturated heterocycles. The summed E-state index contributed by atoms with van der Waals surface area (Å²) in [6.07, 6.45) is 5.08. The number of rotatable bonds is 8. The molecule has 0 fully saturated rings. The van der Waals surface area contributed by atoms with E-state index in [4.69, 9.17) is 9.52 Å². The molecule has 0 saturated carbocycles. The molecule has 2 heterocycles. The van der Waals surface area contributed by atoms with Crippen molar-refractivity contribution in [2.24, 2.45) is 0 Å². The average molecular weight is 365 g/mol. The number of carbonyl (C=O) groups is 1. The number of nitrogens with zero attached hydrogens (tertiary/aromatic N) is 2. The summed E-state index contributed by atoms with van der Waals surface area (Å²) in [4.78, 5) is 13.0. The first-order valence-electron chi connectivity index (χ1n) is 9.62. The normalized spacial score (nSPS) is 10.9. The Balaban J connectivity index is 2.00. The van der Waals surface area contributed by atoms with Gasteiger partial charge in [0.1, 0.15) is 5.76 Å². The van der Waals surface area contributed by atoms with Gasteiger partial charge in [0.2, 0.25) is 0 Å². The van der Waals surface area contributed by atoms with Gasteiger partial charge in [-0.05, 0) is 49.6 Å². The number of furan rings is 1. The van der Waals surface area contributed by atoms with Gasteiger partial charge in [0.05, 0.1) is 35.4 Å². The van der Waals surface area contributed by atoms with Gasteiger partial charge >= 0.3 is 0 Å². The average Bonchev–Trinajstić information content (AvgIpc) is 3.29. The largest absolute Gasteiger partial charge is 0.467 e. The van der Waals surface area contributed by atoms with Crippen molar-refractivity contribution in [3.8, 4) is 5.69 Å². The molecule has 0 atom stereocenters. The lowest BCUT2D eigenvalue weighted by Crippen LogP contribution is -2.24. The number of aromatic nitrogens is 2. The van der Waals surface area contributed by atoms with E-state index in [2.05, 4.69) is 38.2 Å². The Bertz CT molecular complexity index is 894. The lowest BCUT2D eigenvalue weighted by atomic mass is 10.1. The highest BCUT2D eigenvalue weighted by Crippen LogP contribution is 2.23. The molecule has 0 aliphatic carbocycles. The molecule has 1 amide bonds. The number of nitrogens with one attached hydrogen (secondary N) is 1. The molecule has 2 aromatic heterocycles. The summed E-state index contributed by atoms with van der Waals surface area (Å²) in [6.45, 7) is 6.67. The fourth-order valence-corrected chi connectivity index (χ4v) is 3.29. The van der Waals surface area contributed by atoms with Crippen LogP contribution in [0.4, 0.5) is 0 Å². The Labute approximate surface area is 160 Å². The van der Waals surface area contributed by atoms with E-state index >= 15 is 0 Å². The summed E-state index contributed by atoms with van der Waals surface area (Å²) in [5.41, 5.74) is 4.72. The zero-order valence-corrected chi connectivity index (χ0v) is 16.3. The third kappa shape index (κ3) is 4.30.